The molecular weight excluding hydrogens is 232 g/mol. The summed E-state index contributed by atoms with van der Waals surface area (Å²) in [4.78, 5) is 10.5. The van der Waals surface area contributed by atoms with Crippen LogP contribution >= 0.6 is 11.6 Å². The third kappa shape index (κ3) is 2.32. The molecule has 0 amide bonds. The first kappa shape index (κ1) is 10.5. The number of nitrogens with zero attached hydrogens (tertiary/aromatic N) is 2. The van der Waals surface area contributed by atoms with Crippen LogP contribution in [0.4, 0.5) is 4.79 Å². The maximum atomic E-state index is 10.5. The number of hydrogen-bond donors (Lipinski definition) is 1. The second-order valence-electron chi connectivity index (χ2n) is 2.96. The number of carbonyl (C=O) groups is 1. The number of aromatic nitrogens is 2. The van der Waals surface area contributed by atoms with Crippen molar-refractivity contribution in [2.75, 3.05) is 0 Å². The van der Waals surface area contributed by atoms with Crippen molar-refractivity contribution in [3.05, 3.63) is 41.7 Å². The summed E-state index contributed by atoms with van der Waals surface area (Å²) < 4.78 is 6.13. The van der Waals surface area contributed by atoms with Gasteiger partial charge in [0.2, 0.25) is 0 Å². The fourth-order valence-electron chi connectivity index (χ4n) is 1.10. The Morgan fingerprint density at radius 2 is 2.00 bits per heavy atom. The molecule has 82 valence electrons. The van der Waals surface area contributed by atoms with Crippen LogP contribution in [-0.2, 0) is 0 Å². The summed E-state index contributed by atoms with van der Waals surface area (Å²) in [6.45, 7) is 0. The highest BCUT2D eigenvalue weighted by Crippen LogP contribution is 2.22. The van der Waals surface area contributed by atoms with Crippen LogP contribution < -0.4 is 4.74 Å². The first-order valence-electron chi connectivity index (χ1n) is 4.36. The van der Waals surface area contributed by atoms with E-state index in [1.54, 1.807) is 24.3 Å². The van der Waals surface area contributed by atoms with Crippen molar-refractivity contribution in [1.82, 2.24) is 9.78 Å². The van der Waals surface area contributed by atoms with Gasteiger partial charge in [-0.3, -0.25) is 0 Å². The molecule has 0 atom stereocenters. The summed E-state index contributed by atoms with van der Waals surface area (Å²) in [5.74, 6) is 0.916. The number of hydrogen-bond acceptors (Lipinski definition) is 3. The lowest BCUT2D eigenvalue weighted by Gasteiger charge is -2.01. The van der Waals surface area contributed by atoms with Gasteiger partial charge < -0.3 is 9.84 Å². The molecular formula is C10H7ClN2O3. The van der Waals surface area contributed by atoms with Crippen LogP contribution in [0.1, 0.15) is 0 Å². The van der Waals surface area contributed by atoms with Gasteiger partial charge in [-0.25, -0.2) is 4.79 Å². The van der Waals surface area contributed by atoms with E-state index < -0.39 is 6.09 Å². The molecule has 5 nitrogen and oxygen atoms in total. The summed E-state index contributed by atoms with van der Waals surface area (Å²) in [6.07, 6.45) is 1.44. The SMILES string of the molecule is O=C(O)n1cc(Oc2ccc(Cl)cc2)cn1. The molecule has 0 spiro atoms. The van der Waals surface area contributed by atoms with Crippen molar-refractivity contribution in [2.45, 2.75) is 0 Å². The van der Waals surface area contributed by atoms with Gasteiger partial charge >= 0.3 is 6.09 Å². The van der Waals surface area contributed by atoms with Crippen molar-refractivity contribution >= 4 is 17.7 Å². The Bertz CT molecular complexity index is 507. The molecule has 0 aliphatic rings. The third-order valence-corrected chi connectivity index (χ3v) is 2.06. The standard InChI is InChI=1S/C10H7ClN2O3/c11-7-1-3-8(4-2-7)16-9-5-12-13(6-9)10(14)15/h1-6H,(H,14,15). The van der Waals surface area contributed by atoms with Gasteiger partial charge in [0.25, 0.3) is 0 Å². The highest BCUT2D eigenvalue weighted by atomic mass is 35.5. The van der Waals surface area contributed by atoms with E-state index in [0.717, 1.165) is 4.68 Å². The van der Waals surface area contributed by atoms with Crippen LogP contribution in [0.15, 0.2) is 36.7 Å². The van der Waals surface area contributed by atoms with Gasteiger partial charge in [0.15, 0.2) is 5.75 Å². The molecule has 1 aromatic heterocycles. The second kappa shape index (κ2) is 4.24. The highest BCUT2D eigenvalue weighted by molar-refractivity contribution is 6.30. The Morgan fingerprint density at radius 3 is 2.56 bits per heavy atom. The smallest absolute Gasteiger partial charge is 0.432 e. The fraction of sp³-hybridized carbons (Fsp3) is 0. The minimum Gasteiger partial charge on any atom is -0.463 e. The average Bonchev–Trinajstić information content (AvgIpc) is 2.70. The maximum Gasteiger partial charge on any atom is 0.432 e. The van der Waals surface area contributed by atoms with E-state index in [4.69, 9.17) is 21.4 Å². The van der Waals surface area contributed by atoms with Crippen molar-refractivity contribution < 1.29 is 14.6 Å². The van der Waals surface area contributed by atoms with Gasteiger partial charge in [0, 0.05) is 5.02 Å². The molecule has 0 aliphatic carbocycles. The molecule has 2 rings (SSSR count). The minimum absolute atomic E-state index is 0.352. The van der Waals surface area contributed by atoms with Crippen LogP contribution in [0.3, 0.4) is 0 Å². The summed E-state index contributed by atoms with van der Waals surface area (Å²) in [5.41, 5.74) is 0. The van der Waals surface area contributed by atoms with Crippen LogP contribution in [-0.4, -0.2) is 21.0 Å². The number of halogens is 1. The molecule has 1 N–H and O–H groups in total. The third-order valence-electron chi connectivity index (χ3n) is 1.80. The molecule has 0 radical (unpaired) electrons. The highest BCUT2D eigenvalue weighted by Gasteiger charge is 2.05. The first-order chi connectivity index (χ1) is 7.65. The van der Waals surface area contributed by atoms with Crippen molar-refractivity contribution in [2.24, 2.45) is 0 Å². The lowest BCUT2D eigenvalue weighted by molar-refractivity contribution is 0.192. The molecule has 0 saturated heterocycles. The van der Waals surface area contributed by atoms with E-state index in [1.165, 1.54) is 12.4 Å². The first-order valence-corrected chi connectivity index (χ1v) is 4.74. The van der Waals surface area contributed by atoms with E-state index in [-0.39, 0.29) is 0 Å². The summed E-state index contributed by atoms with van der Waals surface area (Å²) in [5, 5.41) is 12.8. The van der Waals surface area contributed by atoms with E-state index in [0.29, 0.717) is 16.5 Å². The molecule has 0 unspecified atom stereocenters. The topological polar surface area (TPSA) is 64.3 Å². The van der Waals surface area contributed by atoms with Gasteiger partial charge in [-0.05, 0) is 24.3 Å². The predicted molar refractivity (Wildman–Crippen MR) is 57.2 cm³/mol. The van der Waals surface area contributed by atoms with Crippen LogP contribution in [0.2, 0.25) is 5.02 Å². The largest absolute Gasteiger partial charge is 0.463 e. The van der Waals surface area contributed by atoms with Crippen molar-refractivity contribution in [1.29, 1.82) is 0 Å². The molecule has 6 heteroatoms. The summed E-state index contributed by atoms with van der Waals surface area (Å²) in [7, 11) is 0. The molecule has 0 aliphatic heterocycles. The average molecular weight is 239 g/mol. The van der Waals surface area contributed by atoms with E-state index in [9.17, 15) is 4.79 Å². The van der Waals surface area contributed by atoms with Crippen molar-refractivity contribution in [3.63, 3.8) is 0 Å². The van der Waals surface area contributed by atoms with Crippen LogP contribution in [0.5, 0.6) is 11.5 Å². The Kier molecular flexibility index (Phi) is 2.78. The molecule has 0 fully saturated rings. The maximum absolute atomic E-state index is 10.5. The summed E-state index contributed by atoms with van der Waals surface area (Å²) >= 11 is 5.71. The number of ether oxygens (including phenoxy) is 1. The van der Waals surface area contributed by atoms with Crippen molar-refractivity contribution in [3.8, 4) is 11.5 Å². The Labute approximate surface area is 95.8 Å². The van der Waals surface area contributed by atoms with Gasteiger partial charge in [-0.15, -0.1) is 0 Å². The molecule has 1 heterocycles. The molecule has 2 aromatic rings. The Morgan fingerprint density at radius 1 is 1.31 bits per heavy atom. The van der Waals surface area contributed by atoms with Gasteiger partial charge in [0.05, 0.1) is 12.4 Å². The zero-order valence-electron chi connectivity index (χ0n) is 8.00. The second-order valence-corrected chi connectivity index (χ2v) is 3.40. The number of benzene rings is 1. The summed E-state index contributed by atoms with van der Waals surface area (Å²) in [6, 6.07) is 6.72. The van der Waals surface area contributed by atoms with E-state index >= 15 is 0 Å². The molecule has 0 saturated carbocycles. The monoisotopic (exact) mass is 238 g/mol. The molecule has 0 bridgehead atoms. The molecule has 1 aromatic carbocycles. The van der Waals surface area contributed by atoms with E-state index in [2.05, 4.69) is 5.10 Å². The zero-order chi connectivity index (χ0) is 11.5. The minimum atomic E-state index is -1.16. The predicted octanol–water partition coefficient (Wildman–Crippen LogP) is 2.85. The van der Waals surface area contributed by atoms with Crippen LogP contribution in [0.25, 0.3) is 0 Å². The Hall–Kier alpha value is -2.01. The quantitative estimate of drug-likeness (QED) is 0.874. The van der Waals surface area contributed by atoms with Crippen LogP contribution in [0, 0.1) is 0 Å². The van der Waals surface area contributed by atoms with Gasteiger partial charge in [-0.2, -0.15) is 9.78 Å². The normalized spacial score (nSPS) is 10.1. The van der Waals surface area contributed by atoms with Gasteiger partial charge in [0.1, 0.15) is 5.75 Å². The van der Waals surface area contributed by atoms with E-state index in [1.807, 2.05) is 0 Å². The molecule has 16 heavy (non-hydrogen) atoms. The zero-order valence-corrected chi connectivity index (χ0v) is 8.76. The lowest BCUT2D eigenvalue weighted by Crippen LogP contribution is -2.07. The Balaban J connectivity index is 2.14. The number of carboxylic acid groups (broad SMARTS) is 1. The fourth-order valence-corrected chi connectivity index (χ4v) is 1.23. The lowest BCUT2D eigenvalue weighted by atomic mass is 10.3. The van der Waals surface area contributed by atoms with Gasteiger partial charge in [-0.1, -0.05) is 11.6 Å². The number of rotatable bonds is 2.